The first-order chi connectivity index (χ1) is 27.2. The highest BCUT2D eigenvalue weighted by atomic mass is 16.5. The number of hydrogen-bond donors (Lipinski definition) is 0. The molecule has 0 aliphatic rings. The van der Waals surface area contributed by atoms with Crippen molar-refractivity contribution < 1.29 is 4.74 Å². The number of rotatable bonds is 10. The van der Waals surface area contributed by atoms with Crippen molar-refractivity contribution in [2.75, 3.05) is 4.90 Å². The van der Waals surface area contributed by atoms with Crippen molar-refractivity contribution in [3.05, 3.63) is 212 Å². The number of anilines is 3. The summed E-state index contributed by atoms with van der Waals surface area (Å²) in [6.07, 6.45) is 0. The molecule has 0 saturated carbocycles. The molecule has 0 atom stereocenters. The van der Waals surface area contributed by atoms with E-state index in [2.05, 4.69) is 199 Å². The third-order valence-corrected chi connectivity index (χ3v) is 10.2. The Balaban J connectivity index is 1.14. The molecule has 3 heteroatoms. The van der Waals surface area contributed by atoms with Gasteiger partial charge in [0.1, 0.15) is 18.0 Å². The van der Waals surface area contributed by atoms with Crippen LogP contribution in [-0.2, 0) is 6.61 Å². The Hall–Kier alpha value is -7.23. The summed E-state index contributed by atoms with van der Waals surface area (Å²) < 4.78 is 6.34. The predicted octanol–water partition coefficient (Wildman–Crippen LogP) is 14.4. The van der Waals surface area contributed by atoms with Gasteiger partial charge >= 0.3 is 0 Å². The molecule has 9 rings (SSSR count). The van der Waals surface area contributed by atoms with Crippen LogP contribution in [0.5, 0.6) is 5.75 Å². The monoisotopic (exact) mass is 706 g/mol. The fourth-order valence-corrected chi connectivity index (χ4v) is 7.47. The number of aliphatic imine (C=N–C) groups is 1. The van der Waals surface area contributed by atoms with Crippen molar-refractivity contribution >= 4 is 51.0 Å². The first-order valence-electron chi connectivity index (χ1n) is 18.6. The lowest BCUT2D eigenvalue weighted by Gasteiger charge is -2.26. The average molecular weight is 707 g/mol. The fraction of sp³-hybridized carbons (Fsp3) is 0.0192. The molecule has 3 nitrogen and oxygen atoms in total. The van der Waals surface area contributed by atoms with Crippen LogP contribution in [0.4, 0.5) is 22.7 Å². The van der Waals surface area contributed by atoms with Gasteiger partial charge in [0.25, 0.3) is 0 Å². The maximum atomic E-state index is 6.34. The number of nitrogens with zero attached hydrogens (tertiary/aromatic N) is 2. The van der Waals surface area contributed by atoms with E-state index < -0.39 is 0 Å². The summed E-state index contributed by atoms with van der Waals surface area (Å²) in [4.78, 5) is 6.89. The zero-order valence-electron chi connectivity index (χ0n) is 30.3. The van der Waals surface area contributed by atoms with Gasteiger partial charge in [0.05, 0.1) is 0 Å². The Labute approximate surface area is 322 Å². The van der Waals surface area contributed by atoms with Crippen molar-refractivity contribution in [3.63, 3.8) is 0 Å². The van der Waals surface area contributed by atoms with E-state index in [-0.39, 0.29) is 0 Å². The minimum atomic E-state index is 0.454. The highest BCUT2D eigenvalue weighted by molar-refractivity contribution is 6.07. The highest BCUT2D eigenvalue weighted by Crippen LogP contribution is 2.43. The standard InChI is InChI=1S/C52H38N2O/c1-53-52-50(55-36-37-13-5-2-6-14-37)32-28-42-19-12-22-49(51(42)52)44-24-23-41-27-31-48(35-45(41)33-44)54(46-29-25-40(26-30-46)38-15-7-3-8-16-38)47-21-11-20-43(34-47)39-17-9-4-10-18-39/h2-35H,1,36H2. The summed E-state index contributed by atoms with van der Waals surface area (Å²) in [6.45, 7) is 4.44. The first-order valence-corrected chi connectivity index (χ1v) is 18.6. The van der Waals surface area contributed by atoms with Gasteiger partial charge in [-0.3, -0.25) is 4.99 Å². The van der Waals surface area contributed by atoms with Crippen LogP contribution in [-0.4, -0.2) is 6.72 Å². The predicted molar refractivity (Wildman–Crippen MR) is 232 cm³/mol. The van der Waals surface area contributed by atoms with Gasteiger partial charge in [-0.05, 0) is 110 Å². The largest absolute Gasteiger partial charge is 0.487 e. The average Bonchev–Trinajstić information content (AvgIpc) is 3.26. The molecule has 0 spiro atoms. The molecule has 9 aromatic carbocycles. The molecular weight excluding hydrogens is 669 g/mol. The zero-order chi connectivity index (χ0) is 37.0. The third kappa shape index (κ3) is 6.88. The summed E-state index contributed by atoms with van der Waals surface area (Å²) in [7, 11) is 0. The Morgan fingerprint density at radius 3 is 1.75 bits per heavy atom. The lowest BCUT2D eigenvalue weighted by molar-refractivity contribution is 0.308. The Morgan fingerprint density at radius 2 is 1.00 bits per heavy atom. The van der Waals surface area contributed by atoms with Crippen molar-refractivity contribution in [2.45, 2.75) is 6.61 Å². The Morgan fingerprint density at radius 1 is 0.418 bits per heavy atom. The fourth-order valence-electron chi connectivity index (χ4n) is 7.47. The van der Waals surface area contributed by atoms with Gasteiger partial charge in [-0.1, -0.05) is 158 Å². The highest BCUT2D eigenvalue weighted by Gasteiger charge is 2.17. The van der Waals surface area contributed by atoms with Crippen LogP contribution in [0.3, 0.4) is 0 Å². The molecule has 0 amide bonds. The molecule has 0 bridgehead atoms. The maximum absolute atomic E-state index is 6.34. The molecule has 9 aromatic rings. The van der Waals surface area contributed by atoms with Crippen LogP contribution in [0.15, 0.2) is 211 Å². The molecule has 0 N–H and O–H groups in total. The zero-order valence-corrected chi connectivity index (χ0v) is 30.3. The summed E-state index contributed by atoms with van der Waals surface area (Å²) in [5, 5.41) is 4.42. The van der Waals surface area contributed by atoms with Gasteiger partial charge in [0, 0.05) is 22.4 Å². The lowest BCUT2D eigenvalue weighted by atomic mass is 9.94. The molecule has 0 saturated heterocycles. The summed E-state index contributed by atoms with van der Waals surface area (Å²) >= 11 is 0. The van der Waals surface area contributed by atoms with Crippen LogP contribution in [0, 0.1) is 0 Å². The van der Waals surface area contributed by atoms with Crippen molar-refractivity contribution in [2.24, 2.45) is 4.99 Å². The van der Waals surface area contributed by atoms with Gasteiger partial charge in [-0.2, -0.15) is 0 Å². The van der Waals surface area contributed by atoms with Crippen LogP contribution < -0.4 is 9.64 Å². The second kappa shape index (κ2) is 15.0. The van der Waals surface area contributed by atoms with Crippen LogP contribution >= 0.6 is 0 Å². The van der Waals surface area contributed by atoms with Crippen LogP contribution in [0.1, 0.15) is 5.56 Å². The van der Waals surface area contributed by atoms with E-state index in [0.29, 0.717) is 12.4 Å². The number of ether oxygens (including phenoxy) is 1. The summed E-state index contributed by atoms with van der Waals surface area (Å²) in [6, 6.07) is 72.9. The molecular formula is C52H38N2O. The maximum Gasteiger partial charge on any atom is 0.146 e. The number of fused-ring (bicyclic) bond motifs is 2. The Kier molecular flexibility index (Phi) is 9.17. The molecule has 55 heavy (non-hydrogen) atoms. The normalized spacial score (nSPS) is 11.1. The second-order valence-corrected chi connectivity index (χ2v) is 13.7. The van der Waals surface area contributed by atoms with Crippen molar-refractivity contribution in [1.29, 1.82) is 0 Å². The second-order valence-electron chi connectivity index (χ2n) is 13.7. The molecule has 0 aliphatic heterocycles. The Bertz CT molecular complexity index is 2760. The number of hydrogen-bond acceptors (Lipinski definition) is 3. The van der Waals surface area contributed by atoms with Gasteiger partial charge in [-0.15, -0.1) is 0 Å². The van der Waals surface area contributed by atoms with Crippen LogP contribution in [0.25, 0.3) is 54.9 Å². The van der Waals surface area contributed by atoms with Crippen LogP contribution in [0.2, 0.25) is 0 Å². The molecule has 0 heterocycles. The summed E-state index contributed by atoms with van der Waals surface area (Å²) in [5.74, 6) is 0.716. The van der Waals surface area contributed by atoms with Gasteiger partial charge in [-0.25, -0.2) is 0 Å². The summed E-state index contributed by atoms with van der Waals surface area (Å²) in [5.41, 5.74) is 12.0. The molecule has 0 aliphatic carbocycles. The third-order valence-electron chi connectivity index (χ3n) is 10.2. The molecule has 0 unspecified atom stereocenters. The van der Waals surface area contributed by atoms with E-state index in [9.17, 15) is 0 Å². The molecule has 0 fully saturated rings. The number of benzene rings is 9. The molecule has 0 radical (unpaired) electrons. The van der Waals surface area contributed by atoms with E-state index in [1.54, 1.807) is 0 Å². The van der Waals surface area contributed by atoms with Gasteiger partial charge < -0.3 is 9.64 Å². The minimum Gasteiger partial charge on any atom is -0.487 e. The van der Waals surface area contributed by atoms with E-state index >= 15 is 0 Å². The lowest BCUT2D eigenvalue weighted by Crippen LogP contribution is -2.10. The van der Waals surface area contributed by atoms with Crippen molar-refractivity contribution in [3.8, 4) is 39.1 Å². The van der Waals surface area contributed by atoms with E-state index in [1.807, 2.05) is 24.3 Å². The smallest absolute Gasteiger partial charge is 0.146 e. The van der Waals surface area contributed by atoms with E-state index in [1.165, 1.54) is 27.6 Å². The topological polar surface area (TPSA) is 24.8 Å². The molecule has 0 aromatic heterocycles. The first kappa shape index (κ1) is 33.6. The van der Waals surface area contributed by atoms with Gasteiger partial charge in [0.15, 0.2) is 0 Å². The van der Waals surface area contributed by atoms with Gasteiger partial charge in [0.2, 0.25) is 0 Å². The van der Waals surface area contributed by atoms with E-state index in [4.69, 9.17) is 4.74 Å². The SMILES string of the molecule is C=Nc1c(OCc2ccccc2)ccc2cccc(-c3ccc4ccc(N(c5ccc(-c6ccccc6)cc5)c5cccc(-c6ccccc6)c5)cc4c3)c12. The quantitative estimate of drug-likeness (QED) is 0.132. The molecule has 262 valence electrons. The van der Waals surface area contributed by atoms with E-state index in [0.717, 1.165) is 55.6 Å². The van der Waals surface area contributed by atoms with Crippen molar-refractivity contribution in [1.82, 2.24) is 0 Å². The minimum absolute atomic E-state index is 0.454.